The molecule has 6 nitrogen and oxygen atoms in total. The first-order chi connectivity index (χ1) is 25.1. The number of hydrogen-bond acceptors (Lipinski definition) is 6. The third-order valence-electron chi connectivity index (χ3n) is 11.5. The van der Waals surface area contributed by atoms with Crippen molar-refractivity contribution < 1.29 is 34.4 Å². The first-order valence-corrected chi connectivity index (χ1v) is 19.5. The van der Waals surface area contributed by atoms with Crippen molar-refractivity contribution in [2.75, 3.05) is 0 Å². The topological polar surface area (TPSA) is 89.1 Å². The van der Waals surface area contributed by atoms with E-state index >= 15 is 0 Å². The van der Waals surface area contributed by atoms with E-state index in [0.717, 1.165) is 82.1 Å². The summed E-state index contributed by atoms with van der Waals surface area (Å²) in [7, 11) is 0. The quantitative estimate of drug-likeness (QED) is 0.0603. The number of carbonyl (C=O) groups excluding carboxylic acids is 1. The normalized spacial score (nSPS) is 12.5. The minimum Gasteiger partial charge on any atom is -0.512 e. The van der Waals surface area contributed by atoms with Crippen LogP contribution in [0.2, 0.25) is 0 Å². The van der Waals surface area contributed by atoms with Gasteiger partial charge in [-0.25, -0.2) is 9.97 Å². The molecule has 1 radical (unpaired) electrons. The van der Waals surface area contributed by atoms with Gasteiger partial charge in [0.15, 0.2) is 5.78 Å². The van der Waals surface area contributed by atoms with Gasteiger partial charge in [0.25, 0.3) is 0 Å². The summed E-state index contributed by atoms with van der Waals surface area (Å²) in [5.74, 6) is 1.91. The summed E-state index contributed by atoms with van der Waals surface area (Å²) in [5, 5.41) is 15.6. The molecule has 0 unspecified atom stereocenters. The summed E-state index contributed by atoms with van der Waals surface area (Å²) >= 11 is 0. The fourth-order valence-electron chi connectivity index (χ4n) is 6.97. The zero-order chi connectivity index (χ0) is 38.8. The van der Waals surface area contributed by atoms with Crippen molar-refractivity contribution in [3.8, 4) is 11.3 Å². The van der Waals surface area contributed by atoms with E-state index in [2.05, 4.69) is 76.0 Å². The van der Waals surface area contributed by atoms with E-state index in [9.17, 15) is 9.90 Å². The van der Waals surface area contributed by atoms with E-state index in [0.29, 0.717) is 11.6 Å². The molecule has 6 aromatic rings. The number of pyridine rings is 1. The molecule has 0 aliphatic heterocycles. The second kappa shape index (κ2) is 17.3. The van der Waals surface area contributed by atoms with Crippen molar-refractivity contribution in [1.82, 2.24) is 15.0 Å². The molecule has 0 fully saturated rings. The van der Waals surface area contributed by atoms with Crippen molar-refractivity contribution in [3.05, 3.63) is 89.1 Å². The molecule has 0 bridgehead atoms. The zero-order valence-corrected chi connectivity index (χ0v) is 36.7. The van der Waals surface area contributed by atoms with E-state index in [4.69, 9.17) is 14.4 Å². The first-order valence-electron chi connectivity index (χ1n) is 19.5. The van der Waals surface area contributed by atoms with Gasteiger partial charge in [-0.3, -0.25) is 9.78 Å². The average molecular weight is 905 g/mol. The molecule has 0 amide bonds. The molecule has 3 heterocycles. The van der Waals surface area contributed by atoms with Crippen molar-refractivity contribution in [2.24, 2.45) is 16.7 Å². The number of rotatable bonds is 11. The third kappa shape index (κ3) is 8.48. The van der Waals surface area contributed by atoms with E-state index < -0.39 is 0 Å². The van der Waals surface area contributed by atoms with Gasteiger partial charge < -0.3 is 9.52 Å². The average Bonchev–Trinajstić information content (AvgIpc) is 3.51. The molecular weight excluding hydrogens is 847 g/mol. The maximum atomic E-state index is 12.2. The smallest absolute Gasteiger partial charge is 0.216 e. The van der Waals surface area contributed by atoms with Gasteiger partial charge >= 0.3 is 0 Å². The molecule has 0 saturated carbocycles. The molecule has 6 rings (SSSR count). The molecule has 0 atom stereocenters. The number of carbonyl (C=O) groups is 1. The predicted octanol–water partition coefficient (Wildman–Crippen LogP) is 13.1. The minimum absolute atomic E-state index is 0. The minimum atomic E-state index is -0.337. The SMILES string of the molecule is CCC(C)(CC)C(=O)/C=C(\O)C(C)(CC)CC.Cc1ccc2c(n1)oc1c(-c3nc(C(C)C)nc4c3ccc3cc(CC(C)C)cc(C)c34)[c-]ccc12.[Ir]. The van der Waals surface area contributed by atoms with Crippen molar-refractivity contribution in [3.63, 3.8) is 0 Å². The fraction of sp³-hybridized carbons (Fsp3) is 0.447. The molecule has 7 heteroatoms. The number of furan rings is 1. The Balaban J connectivity index is 0.000000309. The Hall–Kier alpha value is -3.93. The monoisotopic (exact) mass is 905 g/mol. The Bertz CT molecular complexity index is 2310. The number of ketones is 1. The molecule has 0 aliphatic rings. The van der Waals surface area contributed by atoms with Gasteiger partial charge in [-0.05, 0) is 85.9 Å². The van der Waals surface area contributed by atoms with Gasteiger partial charge in [-0.1, -0.05) is 104 Å². The van der Waals surface area contributed by atoms with Crippen molar-refractivity contribution in [2.45, 2.75) is 121 Å². The number of aliphatic hydroxyl groups excluding tert-OH is 1. The van der Waals surface area contributed by atoms with Crippen molar-refractivity contribution in [1.29, 1.82) is 0 Å². The van der Waals surface area contributed by atoms with Crippen LogP contribution in [-0.2, 0) is 31.3 Å². The molecule has 0 saturated heterocycles. The summed E-state index contributed by atoms with van der Waals surface area (Å²) in [6, 6.07) is 20.6. The van der Waals surface area contributed by atoms with Gasteiger partial charge in [0, 0.05) is 65.1 Å². The van der Waals surface area contributed by atoms with Gasteiger partial charge in [-0.2, -0.15) is 0 Å². The number of aromatic nitrogens is 3. The maximum absolute atomic E-state index is 12.2. The van der Waals surface area contributed by atoms with Crippen LogP contribution < -0.4 is 0 Å². The second-order valence-corrected chi connectivity index (χ2v) is 16.1. The summed E-state index contributed by atoms with van der Waals surface area (Å²) in [6.45, 7) is 25.1. The van der Waals surface area contributed by atoms with Gasteiger partial charge in [0.2, 0.25) is 5.71 Å². The zero-order valence-electron chi connectivity index (χ0n) is 34.3. The van der Waals surface area contributed by atoms with Gasteiger partial charge in [0.05, 0.1) is 11.1 Å². The van der Waals surface area contributed by atoms with Crippen LogP contribution in [0.4, 0.5) is 0 Å². The number of nitrogens with zero attached hydrogens (tertiary/aromatic N) is 3. The largest absolute Gasteiger partial charge is 0.512 e. The van der Waals surface area contributed by atoms with Gasteiger partial charge in [0.1, 0.15) is 11.6 Å². The molecule has 0 aliphatic carbocycles. The molecule has 54 heavy (non-hydrogen) atoms. The Morgan fingerprint density at radius 2 is 1.50 bits per heavy atom. The first kappa shape index (κ1) is 42.8. The Labute approximate surface area is 335 Å². The van der Waals surface area contributed by atoms with Crippen LogP contribution in [0.25, 0.3) is 55.0 Å². The number of aryl methyl sites for hydroxylation is 2. The number of benzene rings is 3. The summed E-state index contributed by atoms with van der Waals surface area (Å²) < 4.78 is 6.33. The molecule has 0 spiro atoms. The van der Waals surface area contributed by atoms with E-state index in [-0.39, 0.29) is 48.4 Å². The van der Waals surface area contributed by atoms with Crippen LogP contribution >= 0.6 is 0 Å². The maximum Gasteiger partial charge on any atom is 0.216 e. The van der Waals surface area contributed by atoms with E-state index in [1.165, 1.54) is 28.0 Å². The number of hydrogen-bond donors (Lipinski definition) is 1. The van der Waals surface area contributed by atoms with Crippen LogP contribution in [0.1, 0.15) is 123 Å². The Morgan fingerprint density at radius 1 is 0.852 bits per heavy atom. The number of fused-ring (bicyclic) bond motifs is 6. The summed E-state index contributed by atoms with van der Waals surface area (Å²) in [4.78, 5) is 27.0. The molecule has 1 N–H and O–H groups in total. The van der Waals surface area contributed by atoms with Crippen LogP contribution in [0.5, 0.6) is 0 Å². The molecular formula is C47H58IrN3O3-. The number of allylic oxidation sites excluding steroid dienone is 2. The summed E-state index contributed by atoms with van der Waals surface area (Å²) in [6.07, 6.45) is 5.82. The van der Waals surface area contributed by atoms with E-state index in [1.807, 2.05) is 66.7 Å². The fourth-order valence-corrected chi connectivity index (χ4v) is 6.97. The summed E-state index contributed by atoms with van der Waals surface area (Å²) in [5.41, 5.74) is 7.06. The second-order valence-electron chi connectivity index (χ2n) is 16.1. The third-order valence-corrected chi connectivity index (χ3v) is 11.5. The molecule has 289 valence electrons. The number of aliphatic hydroxyl groups is 1. The standard InChI is InChI=1S/C32H30N3O.C15H28O2.Ir/c1-17(2)14-21-15-19(5)27-22(16-21)11-13-25-28(34-31(18(3)4)35-29(25)27)26-9-7-8-23-24-12-10-20(6)33-32(24)36-30(23)26;1-7-14(5,8-2)12(16)11-13(17)15(6,9-3)10-4;/h7-8,10-13,15-18H,14H2,1-6H3;11,16H,7-10H2,1-6H3;/q-1;;/b;12-11-;. The molecule has 3 aromatic heterocycles. The van der Waals surface area contributed by atoms with Crippen LogP contribution in [-0.4, -0.2) is 25.8 Å². The Kier molecular flexibility index (Phi) is 13.7. The van der Waals surface area contributed by atoms with Crippen LogP contribution in [0.3, 0.4) is 0 Å². The van der Waals surface area contributed by atoms with Crippen LogP contribution in [0, 0.1) is 36.7 Å². The molecule has 3 aromatic carbocycles. The van der Waals surface area contributed by atoms with Gasteiger partial charge in [-0.15, -0.1) is 18.2 Å². The Morgan fingerprint density at radius 3 is 2.11 bits per heavy atom. The predicted molar refractivity (Wildman–Crippen MR) is 222 cm³/mol. The van der Waals surface area contributed by atoms with E-state index in [1.54, 1.807) is 0 Å². The van der Waals surface area contributed by atoms with Crippen LogP contribution in [0.15, 0.2) is 64.8 Å². The van der Waals surface area contributed by atoms with Crippen molar-refractivity contribution >= 4 is 49.5 Å².